The van der Waals surface area contributed by atoms with Crippen LogP contribution in [0.15, 0.2) is 73.2 Å². The zero-order chi connectivity index (χ0) is 40.2. The Morgan fingerprint density at radius 1 is 0.897 bits per heavy atom. The molecule has 4 aromatic heterocycles. The van der Waals surface area contributed by atoms with Gasteiger partial charge < -0.3 is 24.3 Å². The molecule has 7 heterocycles. The summed E-state index contributed by atoms with van der Waals surface area (Å²) in [5, 5.41) is 7.20. The van der Waals surface area contributed by atoms with Gasteiger partial charge in [0.25, 0.3) is 11.8 Å². The van der Waals surface area contributed by atoms with Crippen molar-refractivity contribution in [3.63, 3.8) is 0 Å². The van der Waals surface area contributed by atoms with Crippen LogP contribution in [0.1, 0.15) is 70.4 Å². The molecule has 1 atom stereocenters. The van der Waals surface area contributed by atoms with E-state index in [1.807, 2.05) is 53.0 Å². The zero-order valence-corrected chi connectivity index (χ0v) is 32.3. The fourth-order valence-electron chi connectivity index (χ4n) is 8.35. The van der Waals surface area contributed by atoms with E-state index < -0.39 is 11.9 Å². The lowest BCUT2D eigenvalue weighted by Crippen LogP contribution is -2.52. The number of imidazole rings is 2. The molecule has 0 radical (unpaired) electrons. The molecule has 292 valence electrons. The molecular weight excluding hydrogens is 737 g/mol. The van der Waals surface area contributed by atoms with E-state index in [1.165, 1.54) is 4.90 Å². The summed E-state index contributed by atoms with van der Waals surface area (Å²) in [4.78, 5) is 85.4. The predicted octanol–water partition coefficient (Wildman–Crippen LogP) is 4.18. The molecular formula is C43H40N10O5. The first-order chi connectivity index (χ1) is 28.1. The maximum absolute atomic E-state index is 13.4. The van der Waals surface area contributed by atoms with Crippen molar-refractivity contribution in [2.24, 2.45) is 7.05 Å². The quantitative estimate of drug-likeness (QED) is 0.215. The Bertz CT molecular complexity index is 2700. The molecule has 0 aliphatic carbocycles. The number of amides is 5. The molecule has 0 bridgehead atoms. The summed E-state index contributed by atoms with van der Waals surface area (Å²) in [6.45, 7) is 5.98. The number of aryl methyl sites for hydroxylation is 1. The van der Waals surface area contributed by atoms with Crippen LogP contribution in [0.4, 0.5) is 0 Å². The molecule has 9 rings (SSSR count). The molecule has 1 unspecified atom stereocenters. The van der Waals surface area contributed by atoms with E-state index in [-0.39, 0.29) is 55.3 Å². The van der Waals surface area contributed by atoms with Gasteiger partial charge in [-0.05, 0) is 41.6 Å². The predicted molar refractivity (Wildman–Crippen MR) is 213 cm³/mol. The van der Waals surface area contributed by atoms with E-state index in [1.54, 1.807) is 37.5 Å². The Morgan fingerprint density at radius 3 is 2.48 bits per heavy atom. The van der Waals surface area contributed by atoms with Gasteiger partial charge in [-0.25, -0.2) is 9.97 Å². The van der Waals surface area contributed by atoms with Gasteiger partial charge in [0.15, 0.2) is 0 Å². The van der Waals surface area contributed by atoms with Crippen LogP contribution in [-0.2, 0) is 54.0 Å². The highest BCUT2D eigenvalue weighted by atomic mass is 16.2. The number of benzene rings is 2. The highest BCUT2D eigenvalue weighted by Crippen LogP contribution is 2.36. The van der Waals surface area contributed by atoms with Gasteiger partial charge in [0.2, 0.25) is 17.7 Å². The van der Waals surface area contributed by atoms with Crippen LogP contribution in [0.2, 0.25) is 0 Å². The van der Waals surface area contributed by atoms with Crippen LogP contribution in [-0.4, -0.2) is 81.0 Å². The third-order valence-electron chi connectivity index (χ3n) is 11.5. The lowest BCUT2D eigenvalue weighted by molar-refractivity contribution is -0.137. The first-order valence-corrected chi connectivity index (χ1v) is 19.3. The SMILES string of the molecule is CCc1nc(-c2cccc3cc(-c4ccc(C(=O)NCc5ncc(-c6cccc7c6CN(C6CCC(=O)NC6=O)C7=O)n5C)nc4)ncc23)c2n1CCN(C(C)=O)C2. The number of hydrogen-bond donors (Lipinski definition) is 2. The van der Waals surface area contributed by atoms with Crippen molar-refractivity contribution in [3.05, 3.63) is 107 Å². The van der Waals surface area contributed by atoms with Crippen molar-refractivity contribution < 1.29 is 24.0 Å². The topological polar surface area (TPSA) is 177 Å². The molecule has 3 aliphatic heterocycles. The van der Waals surface area contributed by atoms with Gasteiger partial charge in [-0.15, -0.1) is 0 Å². The Kier molecular flexibility index (Phi) is 9.14. The van der Waals surface area contributed by atoms with Gasteiger partial charge in [-0.1, -0.05) is 37.3 Å². The number of imide groups is 1. The Morgan fingerprint density at radius 2 is 1.71 bits per heavy atom. The van der Waals surface area contributed by atoms with E-state index in [0.717, 1.165) is 68.9 Å². The molecule has 2 N–H and O–H groups in total. The molecule has 5 amide bonds. The van der Waals surface area contributed by atoms with Crippen molar-refractivity contribution in [2.75, 3.05) is 6.54 Å². The summed E-state index contributed by atoms with van der Waals surface area (Å²) in [6.07, 6.45) is 6.45. The summed E-state index contributed by atoms with van der Waals surface area (Å²) < 4.78 is 4.11. The molecule has 1 saturated heterocycles. The summed E-state index contributed by atoms with van der Waals surface area (Å²) >= 11 is 0. The van der Waals surface area contributed by atoms with E-state index in [0.29, 0.717) is 30.2 Å². The highest BCUT2D eigenvalue weighted by Gasteiger charge is 2.40. The minimum atomic E-state index is -0.710. The first-order valence-electron chi connectivity index (χ1n) is 19.3. The average Bonchev–Trinajstić information content (AvgIpc) is 3.91. The van der Waals surface area contributed by atoms with Crippen molar-refractivity contribution in [3.8, 4) is 33.8 Å². The van der Waals surface area contributed by atoms with E-state index in [4.69, 9.17) is 9.97 Å². The number of piperidine rings is 1. The maximum Gasteiger partial charge on any atom is 0.270 e. The molecule has 0 saturated carbocycles. The van der Waals surface area contributed by atoms with Gasteiger partial charge in [0.1, 0.15) is 23.4 Å². The number of nitrogens with zero attached hydrogens (tertiary/aromatic N) is 8. The number of carbonyl (C=O) groups excluding carboxylic acids is 5. The molecule has 1 fully saturated rings. The van der Waals surface area contributed by atoms with Gasteiger partial charge in [-0.2, -0.15) is 0 Å². The van der Waals surface area contributed by atoms with Gasteiger partial charge >= 0.3 is 0 Å². The van der Waals surface area contributed by atoms with E-state index >= 15 is 0 Å². The summed E-state index contributed by atoms with van der Waals surface area (Å²) in [5.74, 6) is 0.255. The lowest BCUT2D eigenvalue weighted by atomic mass is 10.0. The smallest absolute Gasteiger partial charge is 0.270 e. The van der Waals surface area contributed by atoms with Crippen molar-refractivity contribution >= 4 is 40.3 Å². The third-order valence-corrected chi connectivity index (χ3v) is 11.5. The van der Waals surface area contributed by atoms with Crippen LogP contribution in [0.25, 0.3) is 44.5 Å². The minimum absolute atomic E-state index is 0.0513. The maximum atomic E-state index is 13.4. The standard InChI is InChI=1S/C43H40N10O5/c1-4-37-48-40(36-23-51(24(2)54)15-16-52(36)37)28-9-5-7-25-17-33(45-19-30(25)28)26-11-12-32(44-18-26)41(56)47-21-38-46-20-35(50(38)3)27-8-6-10-29-31(27)22-53(43(29)58)34-13-14-39(55)49-42(34)57/h5-12,17-20,34H,4,13-16,21-23H2,1-3H3,(H,47,56)(H,49,55,57). The molecule has 15 heteroatoms. The summed E-state index contributed by atoms with van der Waals surface area (Å²) in [6, 6.07) is 16.3. The monoisotopic (exact) mass is 776 g/mol. The lowest BCUT2D eigenvalue weighted by Gasteiger charge is -2.29. The number of nitrogens with one attached hydrogen (secondary N) is 2. The molecule has 2 aromatic carbocycles. The summed E-state index contributed by atoms with van der Waals surface area (Å²) in [7, 11) is 1.85. The highest BCUT2D eigenvalue weighted by molar-refractivity contribution is 6.06. The molecule has 0 spiro atoms. The fourth-order valence-corrected chi connectivity index (χ4v) is 8.35. The van der Waals surface area contributed by atoms with Crippen LogP contribution < -0.4 is 10.6 Å². The fraction of sp³-hybridized carbons (Fsp3) is 0.279. The first kappa shape index (κ1) is 36.6. The molecule has 15 nitrogen and oxygen atoms in total. The molecule has 3 aliphatic rings. The van der Waals surface area contributed by atoms with E-state index in [2.05, 4.69) is 38.2 Å². The van der Waals surface area contributed by atoms with Crippen molar-refractivity contribution in [2.45, 2.75) is 65.3 Å². The second-order valence-corrected chi connectivity index (χ2v) is 14.8. The minimum Gasteiger partial charge on any atom is -0.343 e. The Balaban J connectivity index is 0.890. The van der Waals surface area contributed by atoms with Crippen molar-refractivity contribution in [1.29, 1.82) is 0 Å². The normalized spacial score (nSPS) is 16.4. The van der Waals surface area contributed by atoms with Crippen LogP contribution in [0.5, 0.6) is 0 Å². The number of pyridine rings is 2. The molecule has 6 aromatic rings. The second kappa shape index (κ2) is 14.5. The van der Waals surface area contributed by atoms with Gasteiger partial charge in [0, 0.05) is 86.5 Å². The largest absolute Gasteiger partial charge is 0.343 e. The second-order valence-electron chi connectivity index (χ2n) is 14.8. The number of aromatic nitrogens is 6. The third kappa shape index (κ3) is 6.28. The van der Waals surface area contributed by atoms with Crippen LogP contribution >= 0.6 is 0 Å². The summed E-state index contributed by atoms with van der Waals surface area (Å²) in [5.41, 5.74) is 7.44. The number of carbonyl (C=O) groups is 5. The van der Waals surface area contributed by atoms with Gasteiger partial charge in [-0.3, -0.25) is 39.3 Å². The Labute approximate surface area is 333 Å². The van der Waals surface area contributed by atoms with Crippen LogP contribution in [0.3, 0.4) is 0 Å². The van der Waals surface area contributed by atoms with Crippen LogP contribution in [0, 0.1) is 0 Å². The Hall–Kier alpha value is -7.03. The molecule has 58 heavy (non-hydrogen) atoms. The van der Waals surface area contributed by atoms with Crippen molar-refractivity contribution in [1.82, 2.24) is 49.5 Å². The number of rotatable bonds is 8. The number of hydrogen-bond acceptors (Lipinski definition) is 9. The van der Waals surface area contributed by atoms with E-state index in [9.17, 15) is 24.0 Å². The van der Waals surface area contributed by atoms with Gasteiger partial charge in [0.05, 0.1) is 42.1 Å². The average molecular weight is 777 g/mol. The number of fused-ring (bicyclic) bond motifs is 3. The zero-order valence-electron chi connectivity index (χ0n) is 32.3.